The van der Waals surface area contributed by atoms with Crippen LogP contribution in [0.5, 0.6) is 5.75 Å². The Balaban J connectivity index is 0.000000970. The summed E-state index contributed by atoms with van der Waals surface area (Å²) in [6.07, 6.45) is 1.96. The molecule has 1 unspecified atom stereocenters. The minimum atomic E-state index is -0.556. The minimum absolute atomic E-state index is 0.0877. The average Bonchev–Trinajstić information content (AvgIpc) is 2.52. The molecule has 0 spiro atoms. The van der Waals surface area contributed by atoms with Gasteiger partial charge in [-0.3, -0.25) is 4.99 Å². The third-order valence-corrected chi connectivity index (χ3v) is 4.70. The molecule has 0 aliphatic rings. The number of benzene rings is 2. The van der Waals surface area contributed by atoms with Gasteiger partial charge in [0.1, 0.15) is 5.75 Å². The van der Waals surface area contributed by atoms with Crippen LogP contribution in [0.2, 0.25) is 0 Å². The first kappa shape index (κ1) is 22.7. The van der Waals surface area contributed by atoms with Crippen molar-refractivity contribution in [1.82, 2.24) is 0 Å². The molecule has 0 amide bonds. The summed E-state index contributed by atoms with van der Waals surface area (Å²) in [5.41, 5.74) is 3.18. The fourth-order valence-corrected chi connectivity index (χ4v) is 3.30. The van der Waals surface area contributed by atoms with Gasteiger partial charge >= 0.3 is 35.6 Å². The van der Waals surface area contributed by atoms with Crippen LogP contribution in [0.15, 0.2) is 41.4 Å². The molecule has 0 saturated carbocycles. The molecule has 1 N–H and O–H groups in total. The van der Waals surface area contributed by atoms with E-state index >= 15 is 0 Å². The first-order valence-corrected chi connectivity index (χ1v) is 13.2. The Morgan fingerprint density at radius 1 is 1.08 bits per heavy atom. The van der Waals surface area contributed by atoms with Crippen molar-refractivity contribution in [3.05, 3.63) is 53.1 Å². The molecule has 0 aliphatic heterocycles. The summed E-state index contributed by atoms with van der Waals surface area (Å²) in [7, 11) is 10.2. The summed E-state index contributed by atoms with van der Waals surface area (Å²) in [5.74, 6) is 0.403. The van der Waals surface area contributed by atoms with Gasteiger partial charge in [0.25, 0.3) is 0 Å². The summed E-state index contributed by atoms with van der Waals surface area (Å²) in [6.45, 7) is 10.3. The Morgan fingerprint density at radius 2 is 1.72 bits per heavy atom. The van der Waals surface area contributed by atoms with Crippen molar-refractivity contribution in [2.24, 2.45) is 4.99 Å². The Labute approximate surface area is 169 Å². The molecule has 0 bridgehead atoms. The Kier molecular flexibility index (Phi) is 9.71. The molecule has 0 fully saturated rings. The number of rotatable bonds is 3. The molecule has 0 radical (unpaired) electrons. The number of aromatic hydroxyl groups is 1. The number of phenolic OH excluding ortho intramolecular Hbond substituents is 1. The summed E-state index contributed by atoms with van der Waals surface area (Å²) in [6, 6.07) is 12.3. The van der Waals surface area contributed by atoms with E-state index in [1.54, 1.807) is 0 Å². The van der Waals surface area contributed by atoms with Crippen LogP contribution >= 0.6 is 27.2 Å². The van der Waals surface area contributed by atoms with Crippen molar-refractivity contribution in [2.75, 3.05) is 0 Å². The van der Waals surface area contributed by atoms with Crippen LogP contribution in [0.1, 0.15) is 37.5 Å². The van der Waals surface area contributed by atoms with E-state index in [0.29, 0.717) is 14.3 Å². The Morgan fingerprint density at radius 3 is 2.32 bits per heavy atom. The first-order valence-electron chi connectivity index (χ1n) is 7.85. The zero-order valence-corrected chi connectivity index (χ0v) is 19.3. The van der Waals surface area contributed by atoms with Gasteiger partial charge < -0.3 is 5.11 Å². The molecule has 2 nitrogen and oxygen atoms in total. The van der Waals surface area contributed by atoms with Crippen LogP contribution < -0.4 is 10.6 Å². The third kappa shape index (κ3) is 8.24. The molecule has 134 valence electrons. The summed E-state index contributed by atoms with van der Waals surface area (Å²) in [5, 5.41) is 12.4. The molecule has 0 aliphatic carbocycles. The second kappa shape index (κ2) is 10.7. The number of hydrogen-bond acceptors (Lipinski definition) is 2. The monoisotopic (exact) mass is 431 g/mol. The van der Waals surface area contributed by atoms with Crippen molar-refractivity contribution in [3.8, 4) is 5.75 Å². The topological polar surface area (TPSA) is 32.6 Å². The van der Waals surface area contributed by atoms with E-state index in [9.17, 15) is 5.11 Å². The van der Waals surface area contributed by atoms with E-state index in [-0.39, 0.29) is 5.54 Å². The molecule has 2 rings (SSSR count). The number of aryl methyl sites for hydroxylation is 2. The summed E-state index contributed by atoms with van der Waals surface area (Å²) >= 11 is -0.556. The quantitative estimate of drug-likeness (QED) is 0.402. The Hall–Kier alpha value is -0.366. The predicted molar refractivity (Wildman–Crippen MR) is 111 cm³/mol. The molecule has 0 aromatic heterocycles. The molecule has 0 saturated heterocycles. The van der Waals surface area contributed by atoms with Gasteiger partial charge in [-0.1, -0.05) is 44.5 Å². The van der Waals surface area contributed by atoms with Crippen LogP contribution in [0.25, 0.3) is 0 Å². The fourth-order valence-electron chi connectivity index (χ4n) is 2.07. The normalized spacial score (nSPS) is 11.6. The number of halogens is 2. The van der Waals surface area contributed by atoms with Crippen molar-refractivity contribution in [1.29, 1.82) is 0 Å². The van der Waals surface area contributed by atoms with Crippen LogP contribution in [0.4, 0.5) is 0 Å². The van der Waals surface area contributed by atoms with E-state index in [1.165, 1.54) is 10.9 Å². The van der Waals surface area contributed by atoms with E-state index in [2.05, 4.69) is 50.9 Å². The van der Waals surface area contributed by atoms with Crippen LogP contribution in [-0.4, -0.2) is 16.9 Å². The molecule has 2 aromatic carbocycles. The fraction of sp³-hybridized carbons (Fsp3) is 0.316. The molecule has 0 heterocycles. The first-order chi connectivity index (χ1) is 11.7. The molecule has 6 heteroatoms. The molecule has 2 aromatic rings. The van der Waals surface area contributed by atoms with Crippen LogP contribution in [-0.2, 0) is 17.0 Å². The van der Waals surface area contributed by atoms with Crippen molar-refractivity contribution < 1.29 is 22.1 Å². The second-order valence-corrected chi connectivity index (χ2v) is 10.6. The van der Waals surface area contributed by atoms with E-state index in [1.807, 2.05) is 31.3 Å². The second-order valence-electron chi connectivity index (χ2n) is 6.69. The van der Waals surface area contributed by atoms with Gasteiger partial charge in [-0.25, -0.2) is 0 Å². The summed E-state index contributed by atoms with van der Waals surface area (Å²) < 4.78 is 0. The van der Waals surface area contributed by atoms with E-state index in [0.717, 1.165) is 16.4 Å². The molecule has 1 atom stereocenters. The zero-order chi connectivity index (χ0) is 19.0. The number of nitrogens with zero attached hydrogens (tertiary/aromatic N) is 1. The third-order valence-electron chi connectivity index (χ3n) is 3.31. The van der Waals surface area contributed by atoms with Crippen molar-refractivity contribution in [3.63, 3.8) is 0 Å². The van der Waals surface area contributed by atoms with Crippen molar-refractivity contribution >= 4 is 44.0 Å². The molecule has 25 heavy (non-hydrogen) atoms. The van der Waals surface area contributed by atoms with Gasteiger partial charge in [-0.15, -0.1) is 0 Å². The average molecular weight is 432 g/mol. The van der Waals surface area contributed by atoms with E-state index < -0.39 is 17.0 Å². The number of phenols is 1. The number of hydrogen-bond donors (Lipinski definition) is 1. The van der Waals surface area contributed by atoms with Gasteiger partial charge in [-0.05, 0) is 51.6 Å². The van der Waals surface area contributed by atoms with E-state index in [4.69, 9.17) is 18.6 Å². The van der Waals surface area contributed by atoms with Gasteiger partial charge in [0.05, 0.1) is 5.54 Å². The van der Waals surface area contributed by atoms with Gasteiger partial charge in [-0.2, -0.15) is 0 Å². The number of aliphatic imine (C=N–C) groups is 1. The Bertz CT molecular complexity index is 730. The van der Waals surface area contributed by atoms with Gasteiger partial charge in [0, 0.05) is 17.1 Å². The molecular formula is C19H24Cl2NOPTi. The number of para-hydroxylation sites is 1. The predicted octanol–water partition coefficient (Wildman–Crippen LogP) is 5.23. The maximum atomic E-state index is 10.2. The zero-order valence-electron chi connectivity index (χ0n) is 15.2. The van der Waals surface area contributed by atoms with Crippen molar-refractivity contribution in [2.45, 2.75) is 40.2 Å². The SMILES string of the molecule is Cc1ccc(Pc2cccc(C)c2O)c(C=NC(C)(C)C)c1.[Cl][Ti][Cl]. The standard InChI is InChI=1S/C19H24NOP.2ClH.Ti/c1-13-9-10-16(15(11-13)12-20-19(3,4)5)22-17-8-6-7-14(2)18(17)21;;;/h6-12,21-22H,1-5H3;2*1H;/q;;;+2/p-2. The van der Waals surface area contributed by atoms with Crippen LogP contribution in [0, 0.1) is 13.8 Å². The maximum absolute atomic E-state index is 10.2. The summed E-state index contributed by atoms with van der Waals surface area (Å²) in [4.78, 5) is 4.63. The van der Waals surface area contributed by atoms with Gasteiger partial charge in [0.2, 0.25) is 0 Å². The van der Waals surface area contributed by atoms with Crippen LogP contribution in [0.3, 0.4) is 0 Å². The molecular weight excluding hydrogens is 408 g/mol. The van der Waals surface area contributed by atoms with Gasteiger partial charge in [0.15, 0.2) is 0 Å².